The van der Waals surface area contributed by atoms with Crippen LogP contribution in [0.3, 0.4) is 0 Å². The highest BCUT2D eigenvalue weighted by Gasteiger charge is 1.98. The average molecular weight is 273 g/mol. The molecular weight excluding hydrogens is 254 g/mol. The zero-order chi connectivity index (χ0) is 13.3. The molecule has 1 heterocycles. The molecule has 0 aliphatic carbocycles. The van der Waals surface area contributed by atoms with Gasteiger partial charge in [-0.3, -0.25) is 4.98 Å². The molecule has 0 spiro atoms. The summed E-state index contributed by atoms with van der Waals surface area (Å²) >= 11 is 1.91. The summed E-state index contributed by atoms with van der Waals surface area (Å²) in [7, 11) is 0. The second-order valence-corrected chi connectivity index (χ2v) is 5.52. The van der Waals surface area contributed by atoms with E-state index in [2.05, 4.69) is 24.0 Å². The number of thioether (sulfide) groups is 1. The average Bonchev–Trinajstić information content (AvgIpc) is 2.45. The van der Waals surface area contributed by atoms with Gasteiger partial charge < -0.3 is 4.74 Å². The van der Waals surface area contributed by atoms with E-state index in [1.165, 1.54) is 5.56 Å². The Hall–Kier alpha value is -1.48. The number of para-hydroxylation sites is 1. The van der Waals surface area contributed by atoms with Gasteiger partial charge >= 0.3 is 0 Å². The Kier molecular flexibility index (Phi) is 5.76. The standard InChI is InChI=1S/C16H19NOS/c1-14-6-2-3-8-16(14)18-11-13-19-12-9-15-7-4-5-10-17-15/h2-8,10H,9,11-13H2,1H3. The van der Waals surface area contributed by atoms with Crippen molar-refractivity contribution in [3.63, 3.8) is 0 Å². The van der Waals surface area contributed by atoms with Crippen LogP contribution in [-0.4, -0.2) is 23.1 Å². The molecule has 0 radical (unpaired) electrons. The minimum absolute atomic E-state index is 0.762. The molecule has 3 heteroatoms. The van der Waals surface area contributed by atoms with Crippen molar-refractivity contribution >= 4 is 11.8 Å². The van der Waals surface area contributed by atoms with Crippen LogP contribution in [0.2, 0.25) is 0 Å². The first-order valence-corrected chi connectivity index (χ1v) is 7.68. The van der Waals surface area contributed by atoms with Crippen LogP contribution in [0.1, 0.15) is 11.3 Å². The number of aromatic nitrogens is 1. The lowest BCUT2D eigenvalue weighted by Gasteiger charge is -2.08. The molecule has 0 fully saturated rings. The Balaban J connectivity index is 1.59. The highest BCUT2D eigenvalue weighted by molar-refractivity contribution is 7.99. The number of aryl methyl sites for hydroxylation is 2. The third-order valence-corrected chi connectivity index (χ3v) is 3.76. The van der Waals surface area contributed by atoms with Gasteiger partial charge in [0.25, 0.3) is 0 Å². The van der Waals surface area contributed by atoms with Crippen molar-refractivity contribution in [2.75, 3.05) is 18.1 Å². The van der Waals surface area contributed by atoms with Gasteiger partial charge in [0.05, 0.1) is 6.61 Å². The van der Waals surface area contributed by atoms with E-state index in [0.717, 1.165) is 36.0 Å². The van der Waals surface area contributed by atoms with E-state index in [1.54, 1.807) is 0 Å². The molecule has 0 unspecified atom stereocenters. The minimum atomic E-state index is 0.762. The number of rotatable bonds is 7. The SMILES string of the molecule is Cc1ccccc1OCCSCCc1ccccn1. The van der Waals surface area contributed by atoms with E-state index in [1.807, 2.05) is 48.3 Å². The summed E-state index contributed by atoms with van der Waals surface area (Å²) in [6.07, 6.45) is 2.87. The van der Waals surface area contributed by atoms with Crippen LogP contribution in [-0.2, 0) is 6.42 Å². The first-order chi connectivity index (χ1) is 9.36. The molecule has 0 bridgehead atoms. The van der Waals surface area contributed by atoms with Gasteiger partial charge in [0.15, 0.2) is 0 Å². The number of ether oxygens (including phenoxy) is 1. The molecule has 2 aromatic rings. The maximum Gasteiger partial charge on any atom is 0.122 e. The van der Waals surface area contributed by atoms with Crippen LogP contribution in [0.4, 0.5) is 0 Å². The van der Waals surface area contributed by atoms with Crippen LogP contribution in [0.25, 0.3) is 0 Å². The van der Waals surface area contributed by atoms with Gasteiger partial charge in [0.1, 0.15) is 5.75 Å². The lowest BCUT2D eigenvalue weighted by molar-refractivity contribution is 0.341. The molecule has 1 aromatic carbocycles. The van der Waals surface area contributed by atoms with Gasteiger partial charge in [-0.1, -0.05) is 24.3 Å². The predicted octanol–water partition coefficient (Wildman–Crippen LogP) is 3.74. The Morgan fingerprint density at radius 1 is 1.05 bits per heavy atom. The minimum Gasteiger partial charge on any atom is -0.492 e. The lowest BCUT2D eigenvalue weighted by Crippen LogP contribution is -2.02. The van der Waals surface area contributed by atoms with Gasteiger partial charge in [-0.2, -0.15) is 11.8 Å². The second-order valence-electron chi connectivity index (χ2n) is 4.30. The van der Waals surface area contributed by atoms with Crippen molar-refractivity contribution in [1.82, 2.24) is 4.98 Å². The molecule has 2 rings (SSSR count). The smallest absolute Gasteiger partial charge is 0.122 e. The molecule has 19 heavy (non-hydrogen) atoms. The van der Waals surface area contributed by atoms with Gasteiger partial charge in [-0.15, -0.1) is 0 Å². The zero-order valence-corrected chi connectivity index (χ0v) is 12.0. The lowest BCUT2D eigenvalue weighted by atomic mass is 10.2. The molecule has 0 N–H and O–H groups in total. The van der Waals surface area contributed by atoms with Crippen LogP contribution in [0, 0.1) is 6.92 Å². The summed E-state index contributed by atoms with van der Waals surface area (Å²) in [5.41, 5.74) is 2.36. The van der Waals surface area contributed by atoms with E-state index in [9.17, 15) is 0 Å². The largest absolute Gasteiger partial charge is 0.492 e. The highest BCUT2D eigenvalue weighted by Crippen LogP contribution is 2.16. The summed E-state index contributed by atoms with van der Waals surface area (Å²) in [5, 5.41) is 0. The normalized spacial score (nSPS) is 10.4. The summed E-state index contributed by atoms with van der Waals surface area (Å²) in [6, 6.07) is 14.2. The van der Waals surface area contributed by atoms with Crippen LogP contribution in [0.15, 0.2) is 48.7 Å². The molecule has 0 saturated heterocycles. The number of hydrogen-bond donors (Lipinski definition) is 0. The molecule has 100 valence electrons. The van der Waals surface area contributed by atoms with Gasteiger partial charge in [-0.25, -0.2) is 0 Å². The van der Waals surface area contributed by atoms with Crippen molar-refractivity contribution in [2.45, 2.75) is 13.3 Å². The van der Waals surface area contributed by atoms with E-state index in [4.69, 9.17) is 4.74 Å². The van der Waals surface area contributed by atoms with Crippen LogP contribution >= 0.6 is 11.8 Å². The second kappa shape index (κ2) is 7.85. The zero-order valence-electron chi connectivity index (χ0n) is 11.2. The summed E-state index contributed by atoms with van der Waals surface area (Å²) in [4.78, 5) is 4.31. The van der Waals surface area contributed by atoms with E-state index < -0.39 is 0 Å². The summed E-state index contributed by atoms with van der Waals surface area (Å²) in [5.74, 6) is 3.10. The number of pyridine rings is 1. The van der Waals surface area contributed by atoms with Gasteiger partial charge in [-0.05, 0) is 42.9 Å². The number of nitrogens with zero attached hydrogens (tertiary/aromatic N) is 1. The van der Waals surface area contributed by atoms with Crippen molar-refractivity contribution in [2.24, 2.45) is 0 Å². The predicted molar refractivity (Wildman–Crippen MR) is 81.9 cm³/mol. The van der Waals surface area contributed by atoms with Crippen LogP contribution in [0.5, 0.6) is 5.75 Å². The van der Waals surface area contributed by atoms with E-state index in [0.29, 0.717) is 0 Å². The monoisotopic (exact) mass is 273 g/mol. The van der Waals surface area contributed by atoms with Crippen molar-refractivity contribution in [1.29, 1.82) is 0 Å². The molecule has 2 nitrogen and oxygen atoms in total. The number of hydrogen-bond acceptors (Lipinski definition) is 3. The molecule has 0 atom stereocenters. The van der Waals surface area contributed by atoms with Crippen molar-refractivity contribution in [3.8, 4) is 5.75 Å². The fourth-order valence-electron chi connectivity index (χ4n) is 1.75. The first kappa shape index (κ1) is 13.9. The Morgan fingerprint density at radius 3 is 2.68 bits per heavy atom. The van der Waals surface area contributed by atoms with Crippen molar-refractivity contribution < 1.29 is 4.74 Å². The fraction of sp³-hybridized carbons (Fsp3) is 0.312. The van der Waals surface area contributed by atoms with Crippen molar-refractivity contribution in [3.05, 3.63) is 59.9 Å². The third kappa shape index (κ3) is 4.95. The molecule has 0 aliphatic rings. The quantitative estimate of drug-likeness (QED) is 0.717. The van der Waals surface area contributed by atoms with E-state index in [-0.39, 0.29) is 0 Å². The Morgan fingerprint density at radius 2 is 1.89 bits per heavy atom. The first-order valence-electron chi connectivity index (χ1n) is 6.52. The topological polar surface area (TPSA) is 22.1 Å². The molecule has 1 aromatic heterocycles. The summed E-state index contributed by atoms with van der Waals surface area (Å²) in [6.45, 7) is 2.83. The Labute approximate surface area is 119 Å². The molecule has 0 amide bonds. The third-order valence-electron chi connectivity index (χ3n) is 2.81. The maximum absolute atomic E-state index is 5.75. The van der Waals surface area contributed by atoms with Crippen LogP contribution < -0.4 is 4.74 Å². The highest BCUT2D eigenvalue weighted by atomic mass is 32.2. The number of benzene rings is 1. The molecular formula is C16H19NOS. The fourth-order valence-corrected chi connectivity index (χ4v) is 2.51. The van der Waals surface area contributed by atoms with Gasteiger partial charge in [0, 0.05) is 17.6 Å². The molecule has 0 saturated carbocycles. The molecule has 0 aliphatic heterocycles. The summed E-state index contributed by atoms with van der Waals surface area (Å²) < 4.78 is 5.75. The Bertz CT molecular complexity index is 487. The van der Waals surface area contributed by atoms with E-state index >= 15 is 0 Å². The maximum atomic E-state index is 5.75. The van der Waals surface area contributed by atoms with Gasteiger partial charge in [0.2, 0.25) is 0 Å².